The molecular weight excluding hydrogens is 416 g/mol. The molecule has 2 fully saturated rings. The molecule has 0 aliphatic carbocycles. The van der Waals surface area contributed by atoms with E-state index >= 15 is 0 Å². The van der Waals surface area contributed by atoms with Crippen LogP contribution in [-0.2, 0) is 20.5 Å². The van der Waals surface area contributed by atoms with E-state index in [0.717, 1.165) is 42.4 Å². The van der Waals surface area contributed by atoms with Gasteiger partial charge in [0.05, 0.1) is 0 Å². The van der Waals surface area contributed by atoms with Crippen molar-refractivity contribution in [1.82, 2.24) is 9.88 Å². The zero-order chi connectivity index (χ0) is 22.4. The fourth-order valence-electron chi connectivity index (χ4n) is 4.39. The average molecular weight is 450 g/mol. The summed E-state index contributed by atoms with van der Waals surface area (Å²) in [5.41, 5.74) is 5.42. The first-order valence-electron chi connectivity index (χ1n) is 11.1. The highest BCUT2D eigenvalue weighted by atomic mass is 32.2. The monoisotopic (exact) mass is 449 g/mol. The summed E-state index contributed by atoms with van der Waals surface area (Å²) in [6.07, 6.45) is 4.16. The van der Waals surface area contributed by atoms with Crippen LogP contribution in [0.5, 0.6) is 0 Å². The van der Waals surface area contributed by atoms with Crippen LogP contribution in [0.25, 0.3) is 0 Å². The Morgan fingerprint density at radius 1 is 1.19 bits per heavy atom. The third-order valence-corrected chi connectivity index (χ3v) is 8.27. The molecule has 2 saturated heterocycles. The molecule has 1 aromatic rings. The molecule has 2 aliphatic rings. The Kier molecular flexibility index (Phi) is 8.17. The van der Waals surface area contributed by atoms with Crippen LogP contribution in [0.2, 0.25) is 0 Å². The summed E-state index contributed by atoms with van der Waals surface area (Å²) in [4.78, 5) is 44.7. The van der Waals surface area contributed by atoms with Crippen LogP contribution in [0.3, 0.4) is 0 Å². The predicted molar refractivity (Wildman–Crippen MR) is 121 cm³/mol. The van der Waals surface area contributed by atoms with Crippen molar-refractivity contribution in [1.29, 1.82) is 0 Å². The maximum Gasteiger partial charge on any atom is 0.439 e. The Hall–Kier alpha value is -2.29. The molecule has 2 atom stereocenters. The van der Waals surface area contributed by atoms with Crippen molar-refractivity contribution in [3.63, 3.8) is 0 Å². The number of hydrogen-bond donors (Lipinski definition) is 2. The molecule has 9 heteroatoms. The fraction of sp³-hybridized carbons (Fsp3) is 0.636. The number of carbonyl (C=O) groups is 3. The highest BCUT2D eigenvalue weighted by Gasteiger charge is 2.39. The molecule has 3 heterocycles. The van der Waals surface area contributed by atoms with E-state index in [0.29, 0.717) is 32.5 Å². The van der Waals surface area contributed by atoms with Crippen molar-refractivity contribution < 1.29 is 19.5 Å². The Labute approximate surface area is 186 Å². The summed E-state index contributed by atoms with van der Waals surface area (Å²) in [7, 11) is -0.646. The number of carboxylic acids is 1. The van der Waals surface area contributed by atoms with Crippen LogP contribution in [0.1, 0.15) is 45.4 Å². The summed E-state index contributed by atoms with van der Waals surface area (Å²) in [5, 5.41) is 10.0. The van der Waals surface area contributed by atoms with E-state index in [9.17, 15) is 14.4 Å². The molecule has 1 aromatic heterocycles. The van der Waals surface area contributed by atoms with Gasteiger partial charge in [0.1, 0.15) is 22.5 Å². The minimum Gasteiger partial charge on any atom is -0.481 e. The standard InChI is InChI=1S/C22H32N4O4S/c1-2-13-31(22(30)25-11-8-17(9-12-25)21(23)29)19-7-3-6-18(24-19)26-10-4-5-16(15-26)14-20(27)28/h3,6-7,16-17H,2,4-5,8-15H2,1H3,(H2-,23,27,28,29)/p+1/t16-,31?/m0/s1. The minimum atomic E-state index is -0.760. The van der Waals surface area contributed by atoms with Crippen LogP contribution in [-0.4, -0.2) is 64.0 Å². The third-order valence-electron chi connectivity index (χ3n) is 6.04. The summed E-state index contributed by atoms with van der Waals surface area (Å²) in [5.74, 6) is 0.504. The van der Waals surface area contributed by atoms with Gasteiger partial charge in [0.25, 0.3) is 5.03 Å². The lowest BCUT2D eigenvalue weighted by molar-refractivity contribution is -0.138. The quantitative estimate of drug-likeness (QED) is 0.618. The van der Waals surface area contributed by atoms with Gasteiger partial charge in [0.15, 0.2) is 0 Å². The molecule has 3 rings (SSSR count). The second-order valence-corrected chi connectivity index (χ2v) is 10.4. The average Bonchev–Trinajstić information content (AvgIpc) is 2.77. The number of carboxylic acid groups (broad SMARTS) is 1. The van der Waals surface area contributed by atoms with Gasteiger partial charge in [-0.2, -0.15) is 4.98 Å². The largest absolute Gasteiger partial charge is 0.481 e. The molecule has 3 N–H and O–H groups in total. The Balaban J connectivity index is 1.72. The van der Waals surface area contributed by atoms with E-state index in [4.69, 9.17) is 15.8 Å². The van der Waals surface area contributed by atoms with Gasteiger partial charge in [-0.1, -0.05) is 13.0 Å². The van der Waals surface area contributed by atoms with Crippen molar-refractivity contribution in [3.8, 4) is 0 Å². The Bertz CT molecular complexity index is 797. The first-order chi connectivity index (χ1) is 14.9. The van der Waals surface area contributed by atoms with Crippen LogP contribution in [0, 0.1) is 11.8 Å². The van der Waals surface area contributed by atoms with Crippen molar-refractivity contribution in [2.45, 2.75) is 50.5 Å². The lowest BCUT2D eigenvalue weighted by Crippen LogP contribution is -2.44. The fourth-order valence-corrected chi connectivity index (χ4v) is 6.30. The normalized spacial score (nSPS) is 21.0. The molecule has 2 amide bonds. The lowest BCUT2D eigenvalue weighted by Gasteiger charge is -2.33. The first-order valence-corrected chi connectivity index (χ1v) is 12.5. The third kappa shape index (κ3) is 6.12. The number of carbonyl (C=O) groups excluding carboxylic acids is 2. The minimum absolute atomic E-state index is 0.0943. The number of primary amides is 1. The number of nitrogens with two attached hydrogens (primary N) is 1. The smallest absolute Gasteiger partial charge is 0.439 e. The topological polar surface area (TPSA) is 117 Å². The van der Waals surface area contributed by atoms with E-state index in [1.165, 1.54) is 0 Å². The molecule has 0 radical (unpaired) electrons. The molecule has 31 heavy (non-hydrogen) atoms. The van der Waals surface area contributed by atoms with Gasteiger partial charge in [-0.05, 0) is 44.1 Å². The number of aliphatic carboxylic acids is 1. The number of nitrogens with zero attached hydrogens (tertiary/aromatic N) is 3. The van der Waals surface area contributed by atoms with Crippen LogP contribution < -0.4 is 10.6 Å². The Morgan fingerprint density at radius 3 is 2.58 bits per heavy atom. The van der Waals surface area contributed by atoms with Gasteiger partial charge >= 0.3 is 11.2 Å². The van der Waals surface area contributed by atoms with Gasteiger partial charge in [-0.25, -0.2) is 4.79 Å². The summed E-state index contributed by atoms with van der Waals surface area (Å²) < 4.78 is 0. The van der Waals surface area contributed by atoms with E-state index in [2.05, 4.69) is 11.8 Å². The van der Waals surface area contributed by atoms with Gasteiger partial charge in [-0.15, -0.1) is 0 Å². The summed E-state index contributed by atoms with van der Waals surface area (Å²) in [6.45, 7) is 4.71. The number of likely N-dealkylation sites (tertiary alicyclic amines) is 1. The number of aromatic nitrogens is 1. The molecule has 0 aromatic carbocycles. The molecule has 0 bridgehead atoms. The number of pyridine rings is 1. The summed E-state index contributed by atoms with van der Waals surface area (Å²) in [6, 6.07) is 5.82. The van der Waals surface area contributed by atoms with Crippen LogP contribution in [0.4, 0.5) is 10.6 Å². The number of piperidine rings is 2. The summed E-state index contributed by atoms with van der Waals surface area (Å²) >= 11 is 0. The van der Waals surface area contributed by atoms with Crippen molar-refractivity contribution in [3.05, 3.63) is 18.2 Å². The SMILES string of the molecule is CCC[S+](C(=O)N1CCC(C(N)=O)CC1)c1cccc(N2CCC[C@@H](CC(=O)O)C2)n1. The molecule has 0 spiro atoms. The van der Waals surface area contributed by atoms with Gasteiger partial charge in [0.2, 0.25) is 5.91 Å². The maximum atomic E-state index is 13.3. The van der Waals surface area contributed by atoms with Crippen molar-refractivity contribution >= 4 is 33.8 Å². The van der Waals surface area contributed by atoms with Crippen molar-refractivity contribution in [2.75, 3.05) is 36.8 Å². The predicted octanol–water partition coefficient (Wildman–Crippen LogP) is 2.48. The second kappa shape index (κ2) is 10.8. The zero-order valence-corrected chi connectivity index (χ0v) is 19.0. The van der Waals surface area contributed by atoms with Gasteiger partial charge in [-0.3, -0.25) is 14.5 Å². The number of hydrogen-bond acceptors (Lipinski definition) is 5. The van der Waals surface area contributed by atoms with E-state index < -0.39 is 16.9 Å². The lowest BCUT2D eigenvalue weighted by atomic mass is 9.95. The maximum absolute atomic E-state index is 13.3. The number of anilines is 1. The van der Waals surface area contributed by atoms with Gasteiger partial charge in [0, 0.05) is 44.6 Å². The number of amides is 2. The highest BCUT2D eigenvalue weighted by molar-refractivity contribution is 8.10. The highest BCUT2D eigenvalue weighted by Crippen LogP contribution is 2.27. The van der Waals surface area contributed by atoms with Crippen LogP contribution >= 0.6 is 0 Å². The molecule has 170 valence electrons. The molecular formula is C22H33N4O4S+. The Morgan fingerprint density at radius 2 is 1.94 bits per heavy atom. The van der Waals surface area contributed by atoms with E-state index in [1.807, 2.05) is 23.1 Å². The zero-order valence-electron chi connectivity index (χ0n) is 18.2. The van der Waals surface area contributed by atoms with E-state index in [1.54, 1.807) is 0 Å². The van der Waals surface area contributed by atoms with E-state index in [-0.39, 0.29) is 29.4 Å². The van der Waals surface area contributed by atoms with Gasteiger partial charge < -0.3 is 15.7 Å². The molecule has 1 unspecified atom stereocenters. The van der Waals surface area contributed by atoms with Crippen molar-refractivity contribution in [2.24, 2.45) is 17.6 Å². The first kappa shape index (κ1) is 23.4. The molecule has 2 aliphatic heterocycles. The number of rotatable bonds is 7. The molecule has 0 saturated carbocycles. The molecule has 8 nitrogen and oxygen atoms in total. The second-order valence-electron chi connectivity index (χ2n) is 8.41. The van der Waals surface area contributed by atoms with Crippen LogP contribution in [0.15, 0.2) is 23.2 Å².